The van der Waals surface area contributed by atoms with E-state index in [4.69, 9.17) is 18.9 Å². The Morgan fingerprint density at radius 1 is 0.806 bits per heavy atom. The van der Waals surface area contributed by atoms with Gasteiger partial charge in [-0.05, 0) is 67.3 Å². The third kappa shape index (κ3) is 9.11. The highest BCUT2D eigenvalue weighted by molar-refractivity contribution is 5.91. The topological polar surface area (TPSA) is 71.1 Å². The molecule has 0 aliphatic heterocycles. The summed E-state index contributed by atoms with van der Waals surface area (Å²) in [4.78, 5) is 23.4. The number of hydrogen-bond acceptors (Lipinski definition) is 6. The van der Waals surface area contributed by atoms with Gasteiger partial charge in [0.15, 0.2) is 0 Å². The van der Waals surface area contributed by atoms with Crippen molar-refractivity contribution in [3.63, 3.8) is 0 Å². The first-order chi connectivity index (χ1) is 15.0. The van der Waals surface area contributed by atoms with Crippen LogP contribution >= 0.6 is 0 Å². The summed E-state index contributed by atoms with van der Waals surface area (Å²) in [7, 11) is 0. The summed E-state index contributed by atoms with van der Waals surface area (Å²) < 4.78 is 21.8. The van der Waals surface area contributed by atoms with Crippen LogP contribution in [0.5, 0.6) is 17.2 Å². The highest BCUT2D eigenvalue weighted by Gasteiger charge is 2.09. The summed E-state index contributed by atoms with van der Waals surface area (Å²) in [5.41, 5.74) is 0.441. The van der Waals surface area contributed by atoms with Crippen LogP contribution in [0.2, 0.25) is 0 Å². The highest BCUT2D eigenvalue weighted by atomic mass is 16.5. The van der Waals surface area contributed by atoms with Gasteiger partial charge in [-0.25, -0.2) is 4.79 Å². The van der Waals surface area contributed by atoms with Gasteiger partial charge in [-0.15, -0.1) is 0 Å². The molecule has 0 saturated carbocycles. The van der Waals surface area contributed by atoms with E-state index in [-0.39, 0.29) is 5.97 Å². The molecule has 0 aromatic heterocycles. The Morgan fingerprint density at radius 2 is 1.39 bits per heavy atom. The van der Waals surface area contributed by atoms with Crippen LogP contribution in [-0.2, 0) is 9.53 Å². The Hall–Kier alpha value is -3.02. The van der Waals surface area contributed by atoms with Crippen molar-refractivity contribution in [1.82, 2.24) is 0 Å². The minimum absolute atomic E-state index is 0.186. The molecular formula is C25H32O6. The normalized spacial score (nSPS) is 11.5. The second-order valence-electron chi connectivity index (χ2n) is 7.34. The molecule has 0 heterocycles. The maximum Gasteiger partial charge on any atom is 0.343 e. The molecule has 2 rings (SSSR count). The summed E-state index contributed by atoms with van der Waals surface area (Å²) in [5, 5.41) is 0. The Morgan fingerprint density at radius 3 is 2.03 bits per heavy atom. The molecule has 0 spiro atoms. The lowest BCUT2D eigenvalue weighted by molar-refractivity contribution is -0.143. The number of carbonyl (C=O) groups excluding carboxylic acids is 2. The lowest BCUT2D eigenvalue weighted by Gasteiger charge is -2.11. The molecule has 1 atom stereocenters. The molecule has 0 N–H and O–H groups in total. The Kier molecular flexibility index (Phi) is 10.4. The molecule has 0 aliphatic carbocycles. The molecule has 0 amide bonds. The number of unbranched alkanes of at least 4 members (excludes halogenated alkanes) is 1. The van der Waals surface area contributed by atoms with Crippen molar-refractivity contribution in [1.29, 1.82) is 0 Å². The fourth-order valence-corrected chi connectivity index (χ4v) is 2.50. The van der Waals surface area contributed by atoms with Gasteiger partial charge in [0, 0.05) is 6.42 Å². The van der Waals surface area contributed by atoms with Crippen molar-refractivity contribution < 1.29 is 28.5 Å². The maximum atomic E-state index is 12.3. The fraction of sp³-hybridized carbons (Fsp3) is 0.440. The van der Waals surface area contributed by atoms with Crippen molar-refractivity contribution in [2.45, 2.75) is 46.5 Å². The van der Waals surface area contributed by atoms with Crippen molar-refractivity contribution in [3.05, 3.63) is 54.1 Å². The molecule has 2 aromatic rings. The van der Waals surface area contributed by atoms with Crippen LogP contribution in [0.3, 0.4) is 0 Å². The van der Waals surface area contributed by atoms with Crippen molar-refractivity contribution in [2.75, 3.05) is 19.8 Å². The maximum absolute atomic E-state index is 12.3. The van der Waals surface area contributed by atoms with Crippen molar-refractivity contribution in [3.8, 4) is 17.2 Å². The van der Waals surface area contributed by atoms with Crippen LogP contribution < -0.4 is 14.2 Å². The van der Waals surface area contributed by atoms with E-state index in [9.17, 15) is 9.59 Å². The molecule has 0 radical (unpaired) electrons. The quantitative estimate of drug-likeness (QED) is 0.240. The van der Waals surface area contributed by atoms with Gasteiger partial charge < -0.3 is 18.9 Å². The van der Waals surface area contributed by atoms with Crippen LogP contribution in [0, 0.1) is 5.92 Å². The minimum Gasteiger partial charge on any atom is -0.494 e. The molecule has 6 nitrogen and oxygen atoms in total. The number of rotatable bonds is 13. The summed E-state index contributed by atoms with van der Waals surface area (Å²) in [6, 6.07) is 13.8. The van der Waals surface area contributed by atoms with Gasteiger partial charge in [0.1, 0.15) is 17.2 Å². The number of esters is 2. The molecule has 0 fully saturated rings. The van der Waals surface area contributed by atoms with Gasteiger partial charge in [-0.3, -0.25) is 4.79 Å². The smallest absolute Gasteiger partial charge is 0.343 e. The fourth-order valence-electron chi connectivity index (χ4n) is 2.50. The molecule has 0 aliphatic rings. The third-order valence-electron chi connectivity index (χ3n) is 4.71. The van der Waals surface area contributed by atoms with Gasteiger partial charge in [0.2, 0.25) is 0 Å². The number of benzene rings is 2. The number of hydrogen-bond donors (Lipinski definition) is 0. The third-order valence-corrected chi connectivity index (χ3v) is 4.71. The van der Waals surface area contributed by atoms with Crippen LogP contribution in [-0.4, -0.2) is 31.8 Å². The monoisotopic (exact) mass is 428 g/mol. The lowest BCUT2D eigenvalue weighted by atomic mass is 10.1. The van der Waals surface area contributed by atoms with Crippen molar-refractivity contribution in [2.24, 2.45) is 5.92 Å². The van der Waals surface area contributed by atoms with E-state index in [1.807, 2.05) is 0 Å². The summed E-state index contributed by atoms with van der Waals surface area (Å²) in [6.45, 7) is 7.62. The Balaban J connectivity index is 1.73. The standard InChI is InChI=1S/C25H32O6/c1-4-19(3)18-30-22-12-14-23(15-13-22)31-25(27)20-8-10-21(11-9-20)28-16-6-7-17-29-24(26)5-2/h8-15,19H,4-7,16-18H2,1-3H3/t19-/m0/s1. The van der Waals surface area contributed by atoms with Gasteiger partial charge in [0.25, 0.3) is 0 Å². The number of ether oxygens (including phenoxy) is 4. The van der Waals surface area contributed by atoms with Gasteiger partial charge in [-0.2, -0.15) is 0 Å². The Labute approximate surface area is 184 Å². The predicted octanol–water partition coefficient (Wildman–Crippen LogP) is 5.44. The molecule has 0 bridgehead atoms. The lowest BCUT2D eigenvalue weighted by Crippen LogP contribution is -2.09. The minimum atomic E-state index is -0.433. The largest absolute Gasteiger partial charge is 0.494 e. The second-order valence-corrected chi connectivity index (χ2v) is 7.34. The SMILES string of the molecule is CCC(=O)OCCCCOc1ccc(C(=O)Oc2ccc(OC[C@@H](C)CC)cc2)cc1. The van der Waals surface area contributed by atoms with E-state index in [0.29, 0.717) is 49.2 Å². The highest BCUT2D eigenvalue weighted by Crippen LogP contribution is 2.20. The first-order valence-corrected chi connectivity index (χ1v) is 10.8. The first-order valence-electron chi connectivity index (χ1n) is 10.8. The molecular weight excluding hydrogens is 396 g/mol. The summed E-state index contributed by atoms with van der Waals surface area (Å²) >= 11 is 0. The zero-order chi connectivity index (χ0) is 22.5. The molecule has 6 heteroatoms. The van der Waals surface area contributed by atoms with E-state index < -0.39 is 5.97 Å². The molecule has 0 saturated heterocycles. The van der Waals surface area contributed by atoms with Crippen LogP contribution in [0.4, 0.5) is 0 Å². The van der Waals surface area contributed by atoms with E-state index in [1.165, 1.54) is 0 Å². The average Bonchev–Trinajstić information content (AvgIpc) is 2.80. The van der Waals surface area contributed by atoms with Crippen LogP contribution in [0.15, 0.2) is 48.5 Å². The average molecular weight is 429 g/mol. The molecule has 168 valence electrons. The number of carbonyl (C=O) groups is 2. The van der Waals surface area contributed by atoms with Crippen molar-refractivity contribution >= 4 is 11.9 Å². The predicted molar refractivity (Wildman–Crippen MR) is 119 cm³/mol. The summed E-state index contributed by atoms with van der Waals surface area (Å²) in [6.07, 6.45) is 2.98. The van der Waals surface area contributed by atoms with E-state index in [2.05, 4.69) is 13.8 Å². The second kappa shape index (κ2) is 13.3. The summed E-state index contributed by atoms with van der Waals surface area (Å²) in [5.74, 6) is 1.77. The first kappa shape index (κ1) is 24.3. The van der Waals surface area contributed by atoms with Gasteiger partial charge in [-0.1, -0.05) is 27.2 Å². The van der Waals surface area contributed by atoms with E-state index >= 15 is 0 Å². The zero-order valence-electron chi connectivity index (χ0n) is 18.6. The van der Waals surface area contributed by atoms with Crippen LogP contribution in [0.25, 0.3) is 0 Å². The van der Waals surface area contributed by atoms with Gasteiger partial charge in [0.05, 0.1) is 25.4 Å². The molecule has 2 aromatic carbocycles. The Bertz CT molecular complexity index is 798. The zero-order valence-corrected chi connectivity index (χ0v) is 18.6. The van der Waals surface area contributed by atoms with Gasteiger partial charge >= 0.3 is 11.9 Å². The van der Waals surface area contributed by atoms with Crippen LogP contribution in [0.1, 0.15) is 56.8 Å². The molecule has 31 heavy (non-hydrogen) atoms. The van der Waals surface area contributed by atoms with E-state index in [0.717, 1.165) is 25.0 Å². The molecule has 0 unspecified atom stereocenters. The van der Waals surface area contributed by atoms with E-state index in [1.54, 1.807) is 55.5 Å².